The van der Waals surface area contributed by atoms with Gasteiger partial charge in [0.1, 0.15) is 0 Å². The molecule has 0 N–H and O–H groups in total. The summed E-state index contributed by atoms with van der Waals surface area (Å²) in [6, 6.07) is 14.8. The van der Waals surface area contributed by atoms with Crippen molar-refractivity contribution in [3.63, 3.8) is 0 Å². The van der Waals surface area contributed by atoms with Crippen LogP contribution in [0.2, 0.25) is 0 Å². The van der Waals surface area contributed by atoms with E-state index < -0.39 is 24.3 Å². The number of hydrogen-bond donors (Lipinski definition) is 0. The molecule has 0 saturated carbocycles. The normalized spacial score (nSPS) is 13.9. The number of nitrogens with zero attached hydrogens (tertiary/aromatic N) is 6. The minimum atomic E-state index is -3.05. The molecule has 0 aromatic heterocycles. The van der Waals surface area contributed by atoms with Crippen molar-refractivity contribution >= 4 is 92.8 Å². The van der Waals surface area contributed by atoms with Gasteiger partial charge in [-0.1, -0.05) is 0 Å². The number of hydrogen-bond acceptors (Lipinski definition) is 6. The molecule has 3 aromatic rings. The van der Waals surface area contributed by atoms with Gasteiger partial charge in [0.25, 0.3) is 0 Å². The van der Waals surface area contributed by atoms with Crippen molar-refractivity contribution in [2.24, 2.45) is 5.92 Å². The average molecular weight is 838 g/mol. The number of anilines is 6. The molecule has 1 unspecified atom stereocenters. The fourth-order valence-electron chi connectivity index (χ4n) is 7.84. The summed E-state index contributed by atoms with van der Waals surface area (Å²) in [5.74, 6) is -2.63. The topological polar surface area (TPSA) is 19.4 Å². The second kappa shape index (κ2) is 18.6. The Balaban J connectivity index is 0.00000468. The molecule has 294 valence electrons. The summed E-state index contributed by atoms with van der Waals surface area (Å²) in [5, 5.41) is 4.58. The first-order valence-corrected chi connectivity index (χ1v) is 23.0. The van der Waals surface area contributed by atoms with Crippen LogP contribution in [0.4, 0.5) is 34.1 Å². The summed E-state index contributed by atoms with van der Waals surface area (Å²) in [6.45, 7) is 16.4. The second-order valence-corrected chi connectivity index (χ2v) is 24.6. The maximum absolute atomic E-state index is 3.05. The van der Waals surface area contributed by atoms with Crippen LogP contribution in [0.25, 0.3) is 0 Å². The van der Waals surface area contributed by atoms with Crippen molar-refractivity contribution in [2.75, 3.05) is 114 Å². The predicted molar refractivity (Wildman–Crippen MR) is 246 cm³/mol. The fraction of sp³-hybridized carbons (Fsp3) is 0.476. The molecular weight excluding hydrogens is 771 g/mol. The zero-order chi connectivity index (χ0) is 37.7. The first kappa shape index (κ1) is 48.8. The van der Waals surface area contributed by atoms with E-state index in [0.717, 1.165) is 0 Å². The van der Waals surface area contributed by atoms with Crippen LogP contribution in [0.5, 0.6) is 0 Å². The zero-order valence-electron chi connectivity index (χ0n) is 35.9. The average Bonchev–Trinajstić information content (AvgIpc) is 3.20. The van der Waals surface area contributed by atoms with Crippen LogP contribution < -0.4 is 45.0 Å². The molecule has 0 radical (unpaired) electrons. The Hall–Kier alpha value is -2.26. The third-order valence-corrected chi connectivity index (χ3v) is 22.9. The van der Waals surface area contributed by atoms with E-state index in [1.807, 2.05) is 0 Å². The van der Waals surface area contributed by atoms with Gasteiger partial charge in [-0.05, 0) is 0 Å². The smallest absolute Gasteiger partial charge is 0.147 e. The number of allylic oxidation sites excluding steroid dienone is 4. The molecule has 3 aromatic carbocycles. The van der Waals surface area contributed by atoms with Crippen LogP contribution in [0.3, 0.4) is 0 Å². The van der Waals surface area contributed by atoms with Gasteiger partial charge in [0.2, 0.25) is 0 Å². The third-order valence-electron chi connectivity index (χ3n) is 10.7. The Morgan fingerprint density at radius 2 is 0.642 bits per heavy atom. The Bertz CT molecular complexity index is 1590. The molecule has 1 atom stereocenters. The van der Waals surface area contributed by atoms with E-state index in [4.69, 9.17) is 0 Å². The van der Waals surface area contributed by atoms with Crippen LogP contribution >= 0.6 is 37.2 Å². The van der Waals surface area contributed by atoms with E-state index in [1.165, 1.54) is 83.1 Å². The van der Waals surface area contributed by atoms with Crippen molar-refractivity contribution in [1.29, 1.82) is 0 Å². The molecular formula is C42H67Cl3N6SiTi. The zero-order valence-corrected chi connectivity index (χ0v) is 41.0. The number of rotatable bonds is 11. The Labute approximate surface area is 351 Å². The summed E-state index contributed by atoms with van der Waals surface area (Å²) in [5.41, 5.74) is 16.4. The van der Waals surface area contributed by atoms with Gasteiger partial charge in [0.05, 0.1) is 0 Å². The number of halogens is 3. The summed E-state index contributed by atoms with van der Waals surface area (Å²) in [7, 11) is 27.0. The molecule has 1 aliphatic carbocycles. The molecule has 0 spiro atoms. The fourth-order valence-corrected chi connectivity index (χ4v) is 23.6. The maximum atomic E-state index is 2.48. The Morgan fingerprint density at radius 3 is 0.811 bits per heavy atom. The van der Waals surface area contributed by atoms with Gasteiger partial charge in [0, 0.05) is 0 Å². The quantitative estimate of drug-likeness (QED) is 0.146. The first-order chi connectivity index (χ1) is 23.2. The molecule has 11 heteroatoms. The maximum Gasteiger partial charge on any atom is -0.147 e. The molecule has 0 saturated heterocycles. The standard InChI is InChI=1S/C33H51N6Si.C9H13.3ClH.Ti/c1-22-16-25(34(4)5)31(26(17-22)35(6)7)40(32-27(36(8)9)18-23(2)19-28(32)37(10)11)33-29(38(12)13)20-24(3)21-30(33)39(14)15;1-6-5-7(2)9(4)8(6)3;;;;/h16-21H,1-15H3;6H,1-4H3;3*1H;. The molecule has 0 fully saturated rings. The minimum absolute atomic E-state index is 0. The molecule has 53 heavy (non-hydrogen) atoms. The minimum Gasteiger partial charge on any atom is -0.147 e. The van der Waals surface area contributed by atoms with Crippen LogP contribution in [0.1, 0.15) is 44.4 Å². The van der Waals surface area contributed by atoms with Gasteiger partial charge in [-0.3, -0.25) is 0 Å². The van der Waals surface area contributed by atoms with Gasteiger partial charge >= 0.3 is 316 Å². The van der Waals surface area contributed by atoms with E-state index >= 15 is 0 Å². The monoisotopic (exact) mass is 836 g/mol. The van der Waals surface area contributed by atoms with Crippen molar-refractivity contribution in [3.05, 3.63) is 73.7 Å². The van der Waals surface area contributed by atoms with Crippen LogP contribution in [0.15, 0.2) is 57.0 Å². The van der Waals surface area contributed by atoms with Crippen LogP contribution in [0, 0.1) is 26.7 Å². The summed E-state index contributed by atoms with van der Waals surface area (Å²) < 4.78 is 1.70. The largest absolute Gasteiger partial charge is 0.147 e. The summed E-state index contributed by atoms with van der Waals surface area (Å²) in [4.78, 5) is 14.4. The molecule has 0 heterocycles. The molecule has 0 amide bonds. The first-order valence-electron chi connectivity index (χ1n) is 17.8. The second-order valence-electron chi connectivity index (χ2n) is 15.8. The molecule has 0 bridgehead atoms. The van der Waals surface area contributed by atoms with Gasteiger partial charge in [-0.25, -0.2) is 0 Å². The van der Waals surface area contributed by atoms with Gasteiger partial charge in [-0.15, -0.1) is 37.2 Å². The van der Waals surface area contributed by atoms with Gasteiger partial charge in [0.15, 0.2) is 0 Å². The summed E-state index contributed by atoms with van der Waals surface area (Å²) in [6.07, 6.45) is 0. The summed E-state index contributed by atoms with van der Waals surface area (Å²) >= 11 is -0.892. The van der Waals surface area contributed by atoms with Crippen molar-refractivity contribution in [1.82, 2.24) is 0 Å². The van der Waals surface area contributed by atoms with E-state index in [1.54, 1.807) is 3.88 Å². The van der Waals surface area contributed by atoms with Crippen LogP contribution in [-0.2, 0) is 18.4 Å². The number of benzene rings is 3. The van der Waals surface area contributed by atoms with E-state index in [0.29, 0.717) is 5.92 Å². The molecule has 0 aliphatic heterocycles. The SMILES string of the molecule is CC1=C(C)C(C)[C]([Ti][Si](c2c(N(C)C)cc(C)cc2N(C)C)(c2c(N(C)C)cc(C)cc2N(C)C)c2c(N(C)C)cc(C)cc2N(C)C)=C1C.Cl.Cl.Cl. The van der Waals surface area contributed by atoms with Gasteiger partial charge < -0.3 is 0 Å². The van der Waals surface area contributed by atoms with Crippen molar-refractivity contribution in [3.8, 4) is 0 Å². The molecule has 6 nitrogen and oxygen atoms in total. The van der Waals surface area contributed by atoms with E-state index in [-0.39, 0.29) is 37.2 Å². The number of aryl methyl sites for hydroxylation is 3. The third kappa shape index (κ3) is 8.92. The molecule has 1 aliphatic rings. The van der Waals surface area contributed by atoms with Gasteiger partial charge in [-0.2, -0.15) is 0 Å². The van der Waals surface area contributed by atoms with Crippen LogP contribution in [-0.4, -0.2) is 90.5 Å². The van der Waals surface area contributed by atoms with Crippen molar-refractivity contribution < 1.29 is 18.4 Å². The molecule has 4 rings (SSSR count). The van der Waals surface area contributed by atoms with E-state index in [9.17, 15) is 0 Å². The predicted octanol–water partition coefficient (Wildman–Crippen LogP) is 7.58. The van der Waals surface area contributed by atoms with Crippen molar-refractivity contribution in [2.45, 2.75) is 48.5 Å². The Kier molecular flexibility index (Phi) is 17.1. The Morgan fingerprint density at radius 1 is 0.415 bits per heavy atom. The van der Waals surface area contributed by atoms with E-state index in [2.05, 4.69) is 199 Å².